The van der Waals surface area contributed by atoms with Crippen LogP contribution in [0.1, 0.15) is 44.1 Å². The van der Waals surface area contributed by atoms with Crippen LogP contribution in [0.4, 0.5) is 0 Å². The lowest BCUT2D eigenvalue weighted by atomic mass is 9.96. The third-order valence-corrected chi connectivity index (χ3v) is 7.49. The molecule has 6 heteroatoms. The molecule has 1 aromatic rings. The first kappa shape index (κ1) is 18.4. The summed E-state index contributed by atoms with van der Waals surface area (Å²) in [5, 5.41) is 0. The fourth-order valence-electron chi connectivity index (χ4n) is 3.88. The van der Waals surface area contributed by atoms with E-state index in [9.17, 15) is 13.2 Å². The summed E-state index contributed by atoms with van der Waals surface area (Å²) in [6.45, 7) is 4.41. The van der Waals surface area contributed by atoms with Crippen molar-refractivity contribution in [2.75, 3.05) is 26.2 Å². The monoisotopic (exact) mass is 364 g/mol. The second-order valence-electron chi connectivity index (χ2n) is 7.18. The van der Waals surface area contributed by atoms with E-state index in [0.29, 0.717) is 30.8 Å². The zero-order valence-electron chi connectivity index (χ0n) is 15.0. The molecule has 3 rings (SSSR count). The molecule has 1 amide bonds. The quantitative estimate of drug-likeness (QED) is 0.829. The Balaban J connectivity index is 1.63. The largest absolute Gasteiger partial charge is 0.342 e. The van der Waals surface area contributed by atoms with Gasteiger partial charge in [-0.1, -0.05) is 31.0 Å². The number of hydrogen-bond acceptors (Lipinski definition) is 3. The molecule has 138 valence electrons. The molecule has 0 aromatic heterocycles. The van der Waals surface area contributed by atoms with Crippen LogP contribution in [0.15, 0.2) is 29.2 Å². The van der Waals surface area contributed by atoms with Crippen LogP contribution in [0.25, 0.3) is 0 Å². The van der Waals surface area contributed by atoms with Crippen LogP contribution >= 0.6 is 0 Å². The maximum absolute atomic E-state index is 12.9. The molecule has 2 saturated heterocycles. The Labute approximate surface area is 151 Å². The van der Waals surface area contributed by atoms with E-state index in [1.54, 1.807) is 16.4 Å². The minimum absolute atomic E-state index is 0.0265. The van der Waals surface area contributed by atoms with Crippen molar-refractivity contribution in [3.8, 4) is 0 Å². The van der Waals surface area contributed by atoms with Gasteiger partial charge in [0.05, 0.1) is 4.90 Å². The smallest absolute Gasteiger partial charge is 0.243 e. The fraction of sp³-hybridized carbons (Fsp3) is 0.632. The summed E-state index contributed by atoms with van der Waals surface area (Å²) in [5.41, 5.74) is 0.769. The van der Waals surface area contributed by atoms with Crippen molar-refractivity contribution in [1.82, 2.24) is 9.21 Å². The van der Waals surface area contributed by atoms with E-state index in [1.807, 2.05) is 24.0 Å². The molecule has 0 saturated carbocycles. The lowest BCUT2D eigenvalue weighted by Crippen LogP contribution is -2.44. The number of carbonyl (C=O) groups is 1. The van der Waals surface area contributed by atoms with E-state index in [1.165, 1.54) is 12.8 Å². The molecule has 0 spiro atoms. The van der Waals surface area contributed by atoms with Crippen molar-refractivity contribution in [2.45, 2.75) is 50.3 Å². The normalized spacial score (nSPS) is 21.1. The lowest BCUT2D eigenvalue weighted by Gasteiger charge is -2.33. The molecule has 2 aliphatic rings. The lowest BCUT2D eigenvalue weighted by molar-refractivity contribution is -0.136. The van der Waals surface area contributed by atoms with Gasteiger partial charge < -0.3 is 4.90 Å². The van der Waals surface area contributed by atoms with E-state index in [4.69, 9.17) is 0 Å². The summed E-state index contributed by atoms with van der Waals surface area (Å²) < 4.78 is 27.3. The maximum atomic E-state index is 12.9. The first-order chi connectivity index (χ1) is 12.0. The van der Waals surface area contributed by atoms with Crippen molar-refractivity contribution in [1.29, 1.82) is 0 Å². The van der Waals surface area contributed by atoms with E-state index >= 15 is 0 Å². The number of hydrogen-bond donors (Lipinski definition) is 0. The highest BCUT2D eigenvalue weighted by Gasteiger charge is 2.34. The van der Waals surface area contributed by atoms with Crippen molar-refractivity contribution in [2.24, 2.45) is 5.92 Å². The molecule has 25 heavy (non-hydrogen) atoms. The van der Waals surface area contributed by atoms with Crippen molar-refractivity contribution in [3.05, 3.63) is 29.8 Å². The van der Waals surface area contributed by atoms with Crippen LogP contribution in [-0.4, -0.2) is 49.7 Å². The number of piperidine rings is 1. The average Bonchev–Trinajstić information content (AvgIpc) is 2.91. The molecule has 5 nitrogen and oxygen atoms in total. The number of benzene rings is 1. The number of sulfonamides is 1. The highest BCUT2D eigenvalue weighted by Crippen LogP contribution is 2.27. The Morgan fingerprint density at radius 3 is 2.16 bits per heavy atom. The predicted molar refractivity (Wildman–Crippen MR) is 97.7 cm³/mol. The standard InChI is InChI=1S/C19H28N2O3S/c1-16-8-4-5-9-18(16)25(23,24)21-14-10-17(11-15-21)19(22)20-12-6-2-3-7-13-20/h4-5,8-9,17H,2-3,6-7,10-15H2,1H3. The molecule has 0 bridgehead atoms. The van der Waals surface area contributed by atoms with Gasteiger partial charge in [0.2, 0.25) is 15.9 Å². The summed E-state index contributed by atoms with van der Waals surface area (Å²) in [4.78, 5) is 15.1. The number of likely N-dealkylation sites (tertiary alicyclic amines) is 1. The van der Waals surface area contributed by atoms with Crippen molar-refractivity contribution < 1.29 is 13.2 Å². The Bertz CT molecular complexity index is 701. The van der Waals surface area contributed by atoms with Crippen LogP contribution in [-0.2, 0) is 14.8 Å². The Morgan fingerprint density at radius 2 is 1.56 bits per heavy atom. The zero-order chi connectivity index (χ0) is 17.9. The van der Waals surface area contributed by atoms with Crippen LogP contribution in [0.5, 0.6) is 0 Å². The fourth-order valence-corrected chi connectivity index (χ4v) is 5.57. The summed E-state index contributed by atoms with van der Waals surface area (Å²) in [5.74, 6) is 0.205. The second-order valence-corrected chi connectivity index (χ2v) is 9.09. The molecule has 0 N–H and O–H groups in total. The molecule has 0 unspecified atom stereocenters. The molecule has 0 radical (unpaired) electrons. The minimum atomic E-state index is -3.46. The van der Waals surface area contributed by atoms with Gasteiger partial charge in [-0.2, -0.15) is 4.31 Å². The first-order valence-corrected chi connectivity index (χ1v) is 10.8. The third-order valence-electron chi connectivity index (χ3n) is 5.43. The number of rotatable bonds is 3. The predicted octanol–water partition coefficient (Wildman–Crippen LogP) is 2.80. The van der Waals surface area contributed by atoms with Gasteiger partial charge in [0.15, 0.2) is 0 Å². The number of amides is 1. The summed E-state index contributed by atoms with van der Waals surface area (Å²) >= 11 is 0. The maximum Gasteiger partial charge on any atom is 0.243 e. The molecular formula is C19H28N2O3S. The highest BCUT2D eigenvalue weighted by molar-refractivity contribution is 7.89. The Kier molecular flexibility index (Phi) is 5.79. The average molecular weight is 365 g/mol. The third kappa shape index (κ3) is 4.06. The minimum Gasteiger partial charge on any atom is -0.342 e. The zero-order valence-corrected chi connectivity index (χ0v) is 15.8. The number of aryl methyl sites for hydroxylation is 1. The molecule has 0 aliphatic carbocycles. The molecule has 0 atom stereocenters. The van der Waals surface area contributed by atoms with Gasteiger partial charge in [-0.3, -0.25) is 4.79 Å². The van der Waals surface area contributed by atoms with Crippen molar-refractivity contribution >= 4 is 15.9 Å². The van der Waals surface area contributed by atoms with Crippen molar-refractivity contribution in [3.63, 3.8) is 0 Å². The SMILES string of the molecule is Cc1ccccc1S(=O)(=O)N1CCC(C(=O)N2CCCCCC2)CC1. The number of nitrogens with zero attached hydrogens (tertiary/aromatic N) is 2. The first-order valence-electron chi connectivity index (χ1n) is 9.35. The Hall–Kier alpha value is -1.40. The number of carbonyl (C=O) groups excluding carboxylic acids is 1. The van der Waals surface area contributed by atoms with Crippen LogP contribution in [0.2, 0.25) is 0 Å². The van der Waals surface area contributed by atoms with Gasteiger partial charge in [0.25, 0.3) is 0 Å². The van der Waals surface area contributed by atoms with Gasteiger partial charge >= 0.3 is 0 Å². The second kappa shape index (κ2) is 7.87. The van der Waals surface area contributed by atoms with E-state index < -0.39 is 10.0 Å². The van der Waals surface area contributed by atoms with Gasteiger partial charge in [-0.05, 0) is 44.2 Å². The van der Waals surface area contributed by atoms with E-state index in [0.717, 1.165) is 31.5 Å². The van der Waals surface area contributed by atoms with Gasteiger partial charge in [-0.25, -0.2) is 8.42 Å². The van der Waals surface area contributed by atoms with E-state index in [2.05, 4.69) is 0 Å². The molecule has 2 fully saturated rings. The topological polar surface area (TPSA) is 57.7 Å². The Morgan fingerprint density at radius 1 is 0.960 bits per heavy atom. The molecule has 1 aromatic carbocycles. The van der Waals surface area contributed by atoms with Crippen LogP contribution < -0.4 is 0 Å². The van der Waals surface area contributed by atoms with Gasteiger partial charge in [-0.15, -0.1) is 0 Å². The summed E-state index contributed by atoms with van der Waals surface area (Å²) in [6.07, 6.45) is 5.84. The molecule has 2 heterocycles. The van der Waals surface area contributed by atoms with Gasteiger partial charge in [0.1, 0.15) is 0 Å². The molecule has 2 aliphatic heterocycles. The highest BCUT2D eigenvalue weighted by atomic mass is 32.2. The molecular weight excluding hydrogens is 336 g/mol. The van der Waals surface area contributed by atoms with E-state index in [-0.39, 0.29) is 11.8 Å². The van der Waals surface area contributed by atoms with Gasteiger partial charge in [0, 0.05) is 32.1 Å². The van der Waals surface area contributed by atoms with Crippen LogP contribution in [0, 0.1) is 12.8 Å². The summed E-state index contributed by atoms with van der Waals surface area (Å²) in [6, 6.07) is 7.09. The summed E-state index contributed by atoms with van der Waals surface area (Å²) in [7, 11) is -3.46. The van der Waals surface area contributed by atoms with Crippen LogP contribution in [0.3, 0.4) is 0 Å².